The third-order valence-corrected chi connectivity index (χ3v) is 3.19. The first-order valence-electron chi connectivity index (χ1n) is 5.73. The van der Waals surface area contributed by atoms with Crippen LogP contribution >= 0.6 is 0 Å². The molecule has 0 aliphatic heterocycles. The Morgan fingerprint density at radius 1 is 1.47 bits per heavy atom. The molecule has 0 aromatic carbocycles. The molecule has 1 fully saturated rings. The van der Waals surface area contributed by atoms with Crippen molar-refractivity contribution >= 4 is 5.69 Å². The van der Waals surface area contributed by atoms with Crippen LogP contribution in [0, 0.1) is 13.8 Å². The number of aryl methyl sites for hydroxylation is 1. The molecule has 0 saturated heterocycles. The average molecular weight is 208 g/mol. The van der Waals surface area contributed by atoms with Gasteiger partial charge in [-0.2, -0.15) is 5.10 Å². The molecule has 1 heterocycles. The maximum Gasteiger partial charge on any atom is 0.0828 e. The third kappa shape index (κ3) is 1.86. The van der Waals surface area contributed by atoms with Gasteiger partial charge in [-0.15, -0.1) is 0 Å². The molecule has 1 aromatic heterocycles. The monoisotopic (exact) mass is 208 g/mol. The number of nitrogens with two attached hydrogens (primary N) is 1. The molecule has 15 heavy (non-hydrogen) atoms. The Bertz CT molecular complexity index is 339. The third-order valence-electron chi connectivity index (χ3n) is 3.19. The summed E-state index contributed by atoms with van der Waals surface area (Å²) < 4.78 is 2.18. The van der Waals surface area contributed by atoms with E-state index in [1.165, 1.54) is 30.6 Å². The number of nitrogens with one attached hydrogen (secondary N) is 1. The fraction of sp³-hybridized carbons (Fsp3) is 0.727. The zero-order valence-corrected chi connectivity index (χ0v) is 9.58. The number of hydrogen-bond donors (Lipinski definition) is 2. The van der Waals surface area contributed by atoms with Crippen LogP contribution in [0.2, 0.25) is 0 Å². The molecule has 84 valence electrons. The number of nitrogens with zero attached hydrogens (tertiary/aromatic N) is 2. The molecular formula is C11H20N4. The average Bonchev–Trinajstić information content (AvgIpc) is 2.38. The van der Waals surface area contributed by atoms with Crippen LogP contribution in [0.5, 0.6) is 0 Å². The van der Waals surface area contributed by atoms with Crippen LogP contribution in [0.4, 0.5) is 5.69 Å². The van der Waals surface area contributed by atoms with Crippen molar-refractivity contribution in [2.75, 3.05) is 18.4 Å². The molecule has 1 aliphatic carbocycles. The smallest absolute Gasteiger partial charge is 0.0828 e. The number of rotatable bonds is 4. The van der Waals surface area contributed by atoms with Gasteiger partial charge in [0.25, 0.3) is 0 Å². The summed E-state index contributed by atoms with van der Waals surface area (Å²) >= 11 is 0. The maximum atomic E-state index is 5.49. The lowest BCUT2D eigenvalue weighted by Gasteiger charge is -2.27. The van der Waals surface area contributed by atoms with E-state index in [-0.39, 0.29) is 0 Å². The number of hydrogen-bond acceptors (Lipinski definition) is 3. The lowest BCUT2D eigenvalue weighted by molar-refractivity contribution is 0.284. The Morgan fingerprint density at radius 3 is 2.73 bits per heavy atom. The molecule has 4 heteroatoms. The van der Waals surface area contributed by atoms with Crippen molar-refractivity contribution in [3.05, 3.63) is 11.4 Å². The summed E-state index contributed by atoms with van der Waals surface area (Å²) in [6, 6.07) is 0.636. The zero-order valence-electron chi connectivity index (χ0n) is 9.58. The summed E-state index contributed by atoms with van der Waals surface area (Å²) in [5.41, 5.74) is 9.01. The second-order valence-corrected chi connectivity index (χ2v) is 4.29. The Labute approximate surface area is 90.8 Å². The van der Waals surface area contributed by atoms with Gasteiger partial charge in [0.05, 0.1) is 23.1 Å². The van der Waals surface area contributed by atoms with Gasteiger partial charge in [0.1, 0.15) is 0 Å². The summed E-state index contributed by atoms with van der Waals surface area (Å²) in [4.78, 5) is 0. The van der Waals surface area contributed by atoms with E-state index in [9.17, 15) is 0 Å². The lowest BCUT2D eigenvalue weighted by atomic mass is 9.93. The summed E-state index contributed by atoms with van der Waals surface area (Å²) in [6.45, 7) is 5.67. The lowest BCUT2D eigenvalue weighted by Crippen LogP contribution is -2.19. The van der Waals surface area contributed by atoms with Crippen LogP contribution in [0.1, 0.15) is 36.7 Å². The summed E-state index contributed by atoms with van der Waals surface area (Å²) in [7, 11) is 0. The van der Waals surface area contributed by atoms with Gasteiger partial charge >= 0.3 is 0 Å². The van der Waals surface area contributed by atoms with E-state index < -0.39 is 0 Å². The van der Waals surface area contributed by atoms with Crippen LogP contribution in [-0.4, -0.2) is 22.9 Å². The molecule has 0 atom stereocenters. The van der Waals surface area contributed by atoms with Gasteiger partial charge in [-0.3, -0.25) is 4.68 Å². The minimum Gasteiger partial charge on any atom is -0.381 e. The van der Waals surface area contributed by atoms with E-state index in [1.807, 2.05) is 0 Å². The van der Waals surface area contributed by atoms with Crippen LogP contribution in [0.25, 0.3) is 0 Å². The fourth-order valence-corrected chi connectivity index (χ4v) is 2.10. The molecule has 4 nitrogen and oxygen atoms in total. The normalized spacial score (nSPS) is 16.5. The molecule has 1 saturated carbocycles. The Morgan fingerprint density at radius 2 is 2.20 bits per heavy atom. The van der Waals surface area contributed by atoms with Gasteiger partial charge in [0, 0.05) is 13.1 Å². The predicted octanol–water partition coefficient (Wildman–Crippen LogP) is 1.60. The molecule has 0 spiro atoms. The van der Waals surface area contributed by atoms with Crippen molar-refractivity contribution in [2.45, 2.75) is 39.2 Å². The highest BCUT2D eigenvalue weighted by molar-refractivity contribution is 5.52. The van der Waals surface area contributed by atoms with Crippen molar-refractivity contribution < 1.29 is 0 Å². The van der Waals surface area contributed by atoms with Crippen LogP contribution < -0.4 is 11.1 Å². The highest BCUT2D eigenvalue weighted by atomic mass is 15.3. The first-order chi connectivity index (χ1) is 7.24. The van der Waals surface area contributed by atoms with Gasteiger partial charge in [-0.25, -0.2) is 0 Å². The van der Waals surface area contributed by atoms with Crippen molar-refractivity contribution in [1.82, 2.24) is 9.78 Å². The first kappa shape index (κ1) is 10.5. The van der Waals surface area contributed by atoms with Crippen LogP contribution in [0.15, 0.2) is 0 Å². The zero-order chi connectivity index (χ0) is 10.8. The van der Waals surface area contributed by atoms with Crippen molar-refractivity contribution in [2.24, 2.45) is 5.73 Å². The summed E-state index contributed by atoms with van der Waals surface area (Å²) in [5.74, 6) is 0. The molecule has 0 amide bonds. The van der Waals surface area contributed by atoms with Crippen LogP contribution in [-0.2, 0) is 0 Å². The van der Waals surface area contributed by atoms with Gasteiger partial charge in [-0.1, -0.05) is 0 Å². The Hall–Kier alpha value is -1.03. The van der Waals surface area contributed by atoms with Crippen LogP contribution in [0.3, 0.4) is 0 Å². The fourth-order valence-electron chi connectivity index (χ4n) is 2.10. The second-order valence-electron chi connectivity index (χ2n) is 4.29. The molecule has 0 unspecified atom stereocenters. The molecule has 1 aliphatic rings. The maximum absolute atomic E-state index is 5.49. The number of aromatic nitrogens is 2. The topological polar surface area (TPSA) is 55.9 Å². The Balaban J connectivity index is 2.18. The van der Waals surface area contributed by atoms with E-state index in [0.29, 0.717) is 12.6 Å². The van der Waals surface area contributed by atoms with Gasteiger partial charge < -0.3 is 11.1 Å². The first-order valence-corrected chi connectivity index (χ1v) is 5.73. The molecule has 3 N–H and O–H groups in total. The molecule has 0 radical (unpaired) electrons. The SMILES string of the molecule is Cc1nn(C2CCC2)c(C)c1NCCN. The second kappa shape index (κ2) is 4.23. The largest absolute Gasteiger partial charge is 0.381 e. The summed E-state index contributed by atoms with van der Waals surface area (Å²) in [6.07, 6.45) is 3.89. The van der Waals surface area contributed by atoms with Crippen molar-refractivity contribution in [3.8, 4) is 0 Å². The predicted molar refractivity (Wildman–Crippen MR) is 62.1 cm³/mol. The van der Waals surface area contributed by atoms with Crippen molar-refractivity contribution in [3.63, 3.8) is 0 Å². The molecule has 2 rings (SSSR count). The van der Waals surface area contributed by atoms with Gasteiger partial charge in [0.15, 0.2) is 0 Å². The van der Waals surface area contributed by atoms with E-state index in [1.54, 1.807) is 0 Å². The van der Waals surface area contributed by atoms with E-state index >= 15 is 0 Å². The molecule has 1 aromatic rings. The summed E-state index contributed by atoms with van der Waals surface area (Å²) in [5, 5.41) is 7.94. The number of anilines is 1. The van der Waals surface area contributed by atoms with Crippen molar-refractivity contribution in [1.29, 1.82) is 0 Å². The van der Waals surface area contributed by atoms with E-state index in [0.717, 1.165) is 12.2 Å². The quantitative estimate of drug-likeness (QED) is 0.790. The van der Waals surface area contributed by atoms with Gasteiger partial charge in [-0.05, 0) is 33.1 Å². The standard InChI is InChI=1S/C11H20N4/c1-8-11(13-7-6-12)9(2)15(14-8)10-4-3-5-10/h10,13H,3-7,12H2,1-2H3. The molecular weight excluding hydrogens is 188 g/mol. The minimum absolute atomic E-state index is 0.636. The Kier molecular flexibility index (Phi) is 2.95. The minimum atomic E-state index is 0.636. The van der Waals surface area contributed by atoms with Gasteiger partial charge in [0.2, 0.25) is 0 Å². The highest BCUT2D eigenvalue weighted by Crippen LogP contribution is 2.34. The molecule has 0 bridgehead atoms. The van der Waals surface area contributed by atoms with E-state index in [2.05, 4.69) is 28.9 Å². The highest BCUT2D eigenvalue weighted by Gasteiger charge is 2.23. The van der Waals surface area contributed by atoms with E-state index in [4.69, 9.17) is 5.73 Å².